The largest absolute Gasteiger partial charge is 0.344 e. The van der Waals surface area contributed by atoms with Crippen LogP contribution in [0, 0.1) is 0 Å². The molecule has 2 rings (SSSR count). The highest BCUT2D eigenvalue weighted by atomic mass is 35.5. The summed E-state index contributed by atoms with van der Waals surface area (Å²) in [6, 6.07) is 1.72. The molecule has 26 heavy (non-hydrogen) atoms. The van der Waals surface area contributed by atoms with Crippen molar-refractivity contribution in [1.29, 1.82) is 0 Å². The molecule has 0 aromatic carbocycles. The normalized spacial score (nSPS) is 14.3. The van der Waals surface area contributed by atoms with Crippen LogP contribution in [-0.4, -0.2) is 35.8 Å². The number of carbonyl (C=O) groups is 2. The zero-order valence-corrected chi connectivity index (χ0v) is 17.3. The predicted molar refractivity (Wildman–Crippen MR) is 110 cm³/mol. The van der Waals surface area contributed by atoms with E-state index < -0.39 is 0 Å². The van der Waals surface area contributed by atoms with Gasteiger partial charge in [0.1, 0.15) is 6.04 Å². The van der Waals surface area contributed by atoms with Gasteiger partial charge in [-0.2, -0.15) is 0 Å². The Morgan fingerprint density at radius 2 is 2.08 bits per heavy atom. The van der Waals surface area contributed by atoms with Gasteiger partial charge in [-0.3, -0.25) is 9.59 Å². The van der Waals surface area contributed by atoms with E-state index in [0.29, 0.717) is 25.9 Å². The summed E-state index contributed by atoms with van der Waals surface area (Å²) in [6.07, 6.45) is 6.95. The molecule has 0 spiro atoms. The van der Waals surface area contributed by atoms with E-state index in [1.54, 1.807) is 11.3 Å². The van der Waals surface area contributed by atoms with Crippen LogP contribution in [0.2, 0.25) is 0 Å². The second kappa shape index (κ2) is 12.3. The Bertz CT molecular complexity index is 565. The van der Waals surface area contributed by atoms with E-state index in [4.69, 9.17) is 5.73 Å². The molecule has 5 nitrogen and oxygen atoms in total. The number of unbranched alkanes of at least 4 members (excludes halogenated alkanes) is 3. The lowest BCUT2D eigenvalue weighted by Gasteiger charge is -2.31. The first-order valence-corrected chi connectivity index (χ1v) is 10.4. The first-order chi connectivity index (χ1) is 12.2. The molecular formula is C19H32ClN3O2S. The van der Waals surface area contributed by atoms with Crippen LogP contribution in [0.5, 0.6) is 0 Å². The zero-order chi connectivity index (χ0) is 18.1. The monoisotopic (exact) mass is 401 g/mol. The second-order valence-electron chi connectivity index (χ2n) is 6.74. The Morgan fingerprint density at radius 1 is 1.31 bits per heavy atom. The minimum absolute atomic E-state index is 0. The van der Waals surface area contributed by atoms with Gasteiger partial charge in [-0.1, -0.05) is 26.2 Å². The third kappa shape index (κ3) is 6.89. The summed E-state index contributed by atoms with van der Waals surface area (Å²) in [4.78, 5) is 28.4. The van der Waals surface area contributed by atoms with Crippen molar-refractivity contribution in [3.8, 4) is 0 Å². The van der Waals surface area contributed by atoms with Crippen molar-refractivity contribution >= 4 is 35.6 Å². The molecule has 1 aliphatic heterocycles. The molecular weight excluding hydrogens is 370 g/mol. The average Bonchev–Trinajstić information content (AvgIpc) is 3.08. The topological polar surface area (TPSA) is 75.4 Å². The highest BCUT2D eigenvalue weighted by molar-refractivity contribution is 7.10. The van der Waals surface area contributed by atoms with E-state index in [1.165, 1.54) is 10.4 Å². The summed E-state index contributed by atoms with van der Waals surface area (Å²) >= 11 is 1.77. The summed E-state index contributed by atoms with van der Waals surface area (Å²) < 4.78 is 0. The Balaban J connectivity index is 0.00000338. The fourth-order valence-corrected chi connectivity index (χ4v) is 4.14. The Hall–Kier alpha value is -1.11. The minimum Gasteiger partial charge on any atom is -0.344 e. The smallest absolute Gasteiger partial charge is 0.245 e. The number of hydrogen-bond donors (Lipinski definition) is 2. The average molecular weight is 402 g/mol. The van der Waals surface area contributed by atoms with Crippen LogP contribution in [0.1, 0.15) is 62.3 Å². The number of hydrogen-bond acceptors (Lipinski definition) is 4. The number of amides is 2. The van der Waals surface area contributed by atoms with Crippen molar-refractivity contribution in [2.24, 2.45) is 5.73 Å². The molecule has 0 saturated heterocycles. The molecule has 0 saturated carbocycles. The molecule has 0 fully saturated rings. The fraction of sp³-hybridized carbons (Fsp3) is 0.684. The van der Waals surface area contributed by atoms with Crippen LogP contribution in [0.3, 0.4) is 0 Å². The highest BCUT2D eigenvalue weighted by Gasteiger charge is 2.28. The van der Waals surface area contributed by atoms with Crippen LogP contribution >= 0.6 is 23.7 Å². The predicted octanol–water partition coefficient (Wildman–Crippen LogP) is 3.25. The first-order valence-electron chi connectivity index (χ1n) is 9.49. The van der Waals surface area contributed by atoms with Crippen LogP contribution in [0.15, 0.2) is 11.4 Å². The number of carbonyl (C=O) groups excluding carboxylic acids is 2. The number of rotatable bonds is 10. The molecule has 1 aromatic heterocycles. The van der Waals surface area contributed by atoms with Gasteiger partial charge in [-0.25, -0.2) is 0 Å². The van der Waals surface area contributed by atoms with Crippen molar-refractivity contribution in [2.45, 2.75) is 70.9 Å². The Kier molecular flexibility index (Phi) is 10.9. The molecule has 2 heterocycles. The molecule has 148 valence electrons. The molecule has 0 aliphatic carbocycles. The highest BCUT2D eigenvalue weighted by Crippen LogP contribution is 2.24. The van der Waals surface area contributed by atoms with Gasteiger partial charge in [0, 0.05) is 24.4 Å². The quantitative estimate of drug-likeness (QED) is 0.591. The lowest BCUT2D eigenvalue weighted by molar-refractivity contribution is -0.137. The summed E-state index contributed by atoms with van der Waals surface area (Å²) in [5.74, 6) is 0.0583. The summed E-state index contributed by atoms with van der Waals surface area (Å²) in [5, 5.41) is 5.06. The lowest BCUT2D eigenvalue weighted by atomic mass is 10.1. The van der Waals surface area contributed by atoms with Gasteiger partial charge in [0.25, 0.3) is 0 Å². The van der Waals surface area contributed by atoms with Crippen LogP contribution in [-0.2, 0) is 22.6 Å². The summed E-state index contributed by atoms with van der Waals surface area (Å²) in [7, 11) is 0. The van der Waals surface area contributed by atoms with Crippen LogP contribution in [0.25, 0.3) is 0 Å². The molecule has 7 heteroatoms. The van der Waals surface area contributed by atoms with Gasteiger partial charge in [-0.15, -0.1) is 23.7 Å². The van der Waals surface area contributed by atoms with Gasteiger partial charge in [0.2, 0.25) is 11.8 Å². The number of nitrogens with one attached hydrogen (secondary N) is 1. The molecule has 1 aliphatic rings. The molecule has 0 radical (unpaired) electrons. The third-order valence-corrected chi connectivity index (χ3v) is 5.71. The van der Waals surface area contributed by atoms with Gasteiger partial charge in [0.15, 0.2) is 0 Å². The maximum atomic E-state index is 12.9. The van der Waals surface area contributed by atoms with Gasteiger partial charge in [0.05, 0.1) is 0 Å². The van der Waals surface area contributed by atoms with Crippen molar-refractivity contribution < 1.29 is 9.59 Å². The number of halogens is 1. The Morgan fingerprint density at radius 3 is 2.81 bits per heavy atom. The third-order valence-electron chi connectivity index (χ3n) is 4.69. The standard InChI is InChI=1S/C19H31N3O2S.ClH/c1-2-7-16(21-18(23)8-5-3-4-6-11-20)19(24)22-12-9-17-15(14-22)10-13-25-17;/h10,13,16H,2-9,11-12,14,20H2,1H3,(H,21,23);1H. The van der Waals surface area contributed by atoms with Crippen molar-refractivity contribution in [2.75, 3.05) is 13.1 Å². The minimum atomic E-state index is -0.387. The molecule has 1 aromatic rings. The Labute approximate surface area is 167 Å². The van der Waals surface area contributed by atoms with E-state index in [-0.39, 0.29) is 30.3 Å². The van der Waals surface area contributed by atoms with Gasteiger partial charge >= 0.3 is 0 Å². The van der Waals surface area contributed by atoms with Crippen LogP contribution < -0.4 is 11.1 Å². The maximum Gasteiger partial charge on any atom is 0.245 e. The molecule has 2 amide bonds. The number of thiophene rings is 1. The van der Waals surface area contributed by atoms with Gasteiger partial charge in [-0.05, 0) is 49.2 Å². The van der Waals surface area contributed by atoms with E-state index in [2.05, 4.69) is 16.8 Å². The first kappa shape index (κ1) is 22.9. The maximum absolute atomic E-state index is 12.9. The van der Waals surface area contributed by atoms with Crippen LogP contribution in [0.4, 0.5) is 0 Å². The van der Waals surface area contributed by atoms with E-state index in [1.807, 2.05) is 11.8 Å². The van der Waals surface area contributed by atoms with Crippen molar-refractivity contribution in [1.82, 2.24) is 10.2 Å². The number of nitrogens with zero attached hydrogens (tertiary/aromatic N) is 1. The number of nitrogens with two attached hydrogens (primary N) is 1. The van der Waals surface area contributed by atoms with E-state index in [0.717, 1.165) is 45.1 Å². The van der Waals surface area contributed by atoms with Crippen molar-refractivity contribution in [3.63, 3.8) is 0 Å². The fourth-order valence-electron chi connectivity index (χ4n) is 3.25. The second-order valence-corrected chi connectivity index (χ2v) is 7.74. The van der Waals surface area contributed by atoms with E-state index >= 15 is 0 Å². The molecule has 1 atom stereocenters. The lowest BCUT2D eigenvalue weighted by Crippen LogP contribution is -2.49. The van der Waals surface area contributed by atoms with E-state index in [9.17, 15) is 9.59 Å². The molecule has 3 N–H and O–H groups in total. The van der Waals surface area contributed by atoms with Gasteiger partial charge < -0.3 is 16.0 Å². The summed E-state index contributed by atoms with van der Waals surface area (Å²) in [6.45, 7) is 4.18. The molecule has 0 bridgehead atoms. The SMILES string of the molecule is CCCC(NC(=O)CCCCCCN)C(=O)N1CCc2sccc2C1.Cl. The zero-order valence-electron chi connectivity index (χ0n) is 15.7. The van der Waals surface area contributed by atoms with Crippen molar-refractivity contribution in [3.05, 3.63) is 21.9 Å². The molecule has 1 unspecified atom stereocenters. The summed E-state index contributed by atoms with van der Waals surface area (Å²) in [5.41, 5.74) is 6.73. The number of fused-ring (bicyclic) bond motifs is 1.